The van der Waals surface area contributed by atoms with Crippen LogP contribution < -0.4 is 0 Å². The van der Waals surface area contributed by atoms with Gasteiger partial charge in [-0.2, -0.15) is 58.8 Å². The second-order valence-corrected chi connectivity index (χ2v) is 16.6. The van der Waals surface area contributed by atoms with E-state index in [1.54, 1.807) is 58.8 Å². The molecule has 5 N–H and O–H groups in total. The molecular formula is C31H62O11S5. The predicted molar refractivity (Wildman–Crippen MR) is 200 cm³/mol. The van der Waals surface area contributed by atoms with Gasteiger partial charge in [0, 0.05) is 55.2 Å². The molecule has 1 fully saturated rings. The molecule has 0 aromatic carbocycles. The Labute approximate surface area is 304 Å². The molecule has 0 bridgehead atoms. The van der Waals surface area contributed by atoms with Crippen molar-refractivity contribution in [2.24, 2.45) is 0 Å². The molecule has 282 valence electrons. The van der Waals surface area contributed by atoms with Crippen LogP contribution in [-0.2, 0) is 28.4 Å². The number of hydrogen-bond acceptors (Lipinski definition) is 16. The van der Waals surface area contributed by atoms with Crippen LogP contribution in [0.2, 0.25) is 0 Å². The van der Waals surface area contributed by atoms with Crippen LogP contribution in [0.4, 0.5) is 0 Å². The first kappa shape index (κ1) is 46.3. The summed E-state index contributed by atoms with van der Waals surface area (Å²) in [5, 5.41) is 45.6. The van der Waals surface area contributed by atoms with Crippen molar-refractivity contribution < 1.29 is 54.0 Å². The maximum absolute atomic E-state index is 9.15. The van der Waals surface area contributed by atoms with Crippen LogP contribution in [0.25, 0.3) is 0 Å². The van der Waals surface area contributed by atoms with E-state index in [2.05, 4.69) is 0 Å². The summed E-state index contributed by atoms with van der Waals surface area (Å²) in [5.41, 5.74) is 0. The number of rotatable bonds is 36. The normalized spacial score (nSPS) is 21.5. The molecule has 47 heavy (non-hydrogen) atoms. The van der Waals surface area contributed by atoms with E-state index in [9.17, 15) is 0 Å². The molecule has 0 radical (unpaired) electrons. The average molecular weight is 771 g/mol. The van der Waals surface area contributed by atoms with E-state index in [4.69, 9.17) is 54.0 Å². The summed E-state index contributed by atoms with van der Waals surface area (Å²) in [4.78, 5) is 0. The van der Waals surface area contributed by atoms with Crippen molar-refractivity contribution in [3.8, 4) is 0 Å². The predicted octanol–water partition coefficient (Wildman–Crippen LogP) is 2.48. The zero-order chi connectivity index (χ0) is 34.0. The van der Waals surface area contributed by atoms with Gasteiger partial charge in [-0.15, -0.1) is 0 Å². The molecule has 0 aromatic rings. The van der Waals surface area contributed by atoms with Gasteiger partial charge in [0.05, 0.1) is 46.2 Å². The van der Waals surface area contributed by atoms with Crippen molar-refractivity contribution in [1.29, 1.82) is 0 Å². The third-order valence-corrected chi connectivity index (χ3v) is 11.8. The molecule has 5 atom stereocenters. The Morgan fingerprint density at radius 1 is 0.404 bits per heavy atom. The molecule has 1 saturated heterocycles. The number of thioether (sulfide) groups is 5. The van der Waals surface area contributed by atoms with E-state index >= 15 is 0 Å². The minimum Gasteiger partial charge on any atom is -0.396 e. The van der Waals surface area contributed by atoms with Gasteiger partial charge in [0.15, 0.2) is 6.29 Å². The molecule has 0 aliphatic carbocycles. The Bertz CT molecular complexity index is 651. The maximum Gasteiger partial charge on any atom is 0.186 e. The van der Waals surface area contributed by atoms with Gasteiger partial charge in [0.25, 0.3) is 0 Å². The summed E-state index contributed by atoms with van der Waals surface area (Å²) >= 11 is 8.46. The first-order chi connectivity index (χ1) is 23.2. The van der Waals surface area contributed by atoms with Gasteiger partial charge < -0.3 is 54.0 Å². The first-order valence-electron chi connectivity index (χ1n) is 16.9. The van der Waals surface area contributed by atoms with Gasteiger partial charge in [0.1, 0.15) is 24.4 Å². The monoisotopic (exact) mass is 770 g/mol. The summed E-state index contributed by atoms with van der Waals surface area (Å²) in [6, 6.07) is 0. The molecule has 16 heteroatoms. The third-order valence-electron chi connectivity index (χ3n) is 6.57. The quantitative estimate of drug-likeness (QED) is 0.0592. The minimum atomic E-state index is -0.676. The average Bonchev–Trinajstić information content (AvgIpc) is 3.08. The standard InChI is InChI=1S/C31H62O11S5/c32-6-21-43-16-1-11-37-26-27-28(38-12-2-17-44-22-7-33)29(39-13-3-18-45-23-8-34)30(40-14-4-19-46-24-9-35)31(42-27)41-15-5-20-47-25-10-36/h27-36H,1-26H2/t27-,28-,29+,30-,31+/m1/s1. The van der Waals surface area contributed by atoms with Gasteiger partial charge >= 0.3 is 0 Å². The number of aliphatic hydroxyl groups excluding tert-OH is 5. The number of aliphatic hydroxyl groups is 5. The van der Waals surface area contributed by atoms with Crippen molar-refractivity contribution in [1.82, 2.24) is 0 Å². The SMILES string of the molecule is OCCSCCCOC[C@H]1O[C@H](OCCCSCCO)[C@H](OCCCSCCO)[C@@H](OCCCSCCO)[C@@H]1OCCCSCCO. The highest BCUT2D eigenvalue weighted by Gasteiger charge is 2.48. The fourth-order valence-electron chi connectivity index (χ4n) is 4.51. The molecular weight excluding hydrogens is 709 g/mol. The second kappa shape index (κ2) is 35.7. The highest BCUT2D eigenvalue weighted by atomic mass is 32.2. The minimum absolute atomic E-state index is 0.156. The lowest BCUT2D eigenvalue weighted by atomic mass is 9.98. The van der Waals surface area contributed by atoms with Gasteiger partial charge in [0.2, 0.25) is 0 Å². The molecule has 0 amide bonds. The summed E-state index contributed by atoms with van der Waals surface area (Å²) in [7, 11) is 0. The van der Waals surface area contributed by atoms with Crippen LogP contribution in [0.15, 0.2) is 0 Å². The maximum atomic E-state index is 9.15. The molecule has 1 heterocycles. The van der Waals surface area contributed by atoms with E-state index in [-0.39, 0.29) is 33.0 Å². The van der Waals surface area contributed by atoms with Crippen LogP contribution in [-0.4, -0.2) is 186 Å². The topological polar surface area (TPSA) is 157 Å². The molecule has 0 unspecified atom stereocenters. The van der Waals surface area contributed by atoms with Crippen LogP contribution in [0.1, 0.15) is 32.1 Å². The van der Waals surface area contributed by atoms with Gasteiger partial charge in [-0.25, -0.2) is 0 Å². The van der Waals surface area contributed by atoms with Crippen molar-refractivity contribution in [3.05, 3.63) is 0 Å². The molecule has 1 rings (SSSR count). The van der Waals surface area contributed by atoms with E-state index in [0.717, 1.165) is 66.6 Å². The van der Waals surface area contributed by atoms with Crippen molar-refractivity contribution in [3.63, 3.8) is 0 Å². The Morgan fingerprint density at radius 2 is 0.766 bits per heavy atom. The highest BCUT2D eigenvalue weighted by molar-refractivity contribution is 8.00. The van der Waals surface area contributed by atoms with E-state index < -0.39 is 30.7 Å². The molecule has 0 aromatic heterocycles. The van der Waals surface area contributed by atoms with Crippen LogP contribution >= 0.6 is 58.8 Å². The smallest absolute Gasteiger partial charge is 0.186 e. The Hall–Kier alpha value is 1.31. The summed E-state index contributed by atoms with van der Waals surface area (Å²) in [5.74, 6) is 7.89. The lowest BCUT2D eigenvalue weighted by Gasteiger charge is -2.46. The van der Waals surface area contributed by atoms with Crippen LogP contribution in [0, 0.1) is 0 Å². The number of ether oxygens (including phenoxy) is 6. The van der Waals surface area contributed by atoms with E-state index in [0.29, 0.717) is 62.7 Å². The zero-order valence-corrected chi connectivity index (χ0v) is 32.1. The van der Waals surface area contributed by atoms with Gasteiger partial charge in [-0.1, -0.05) is 0 Å². The number of hydrogen-bond donors (Lipinski definition) is 5. The highest BCUT2D eigenvalue weighted by Crippen LogP contribution is 2.30. The van der Waals surface area contributed by atoms with Crippen molar-refractivity contribution in [2.75, 3.05) is 130 Å². The Balaban J connectivity index is 3.07. The fourth-order valence-corrected chi connectivity index (χ4v) is 7.79. The molecule has 0 saturated carbocycles. The Morgan fingerprint density at radius 3 is 1.19 bits per heavy atom. The first-order valence-corrected chi connectivity index (χ1v) is 22.6. The summed E-state index contributed by atoms with van der Waals surface area (Å²) in [6.45, 7) is 3.65. The third kappa shape index (κ3) is 25.0. The lowest BCUT2D eigenvalue weighted by molar-refractivity contribution is -0.323. The van der Waals surface area contributed by atoms with E-state index in [1.165, 1.54) is 0 Å². The van der Waals surface area contributed by atoms with Gasteiger partial charge in [-0.3, -0.25) is 0 Å². The summed E-state index contributed by atoms with van der Waals surface area (Å²) < 4.78 is 38.7. The van der Waals surface area contributed by atoms with Crippen molar-refractivity contribution in [2.45, 2.75) is 62.8 Å². The second-order valence-electron chi connectivity index (χ2n) is 10.4. The molecule has 1 aliphatic rings. The molecule has 1 aliphatic heterocycles. The zero-order valence-electron chi connectivity index (χ0n) is 28.0. The molecule has 11 nitrogen and oxygen atoms in total. The Kier molecular flexibility index (Phi) is 35.2. The van der Waals surface area contributed by atoms with Crippen molar-refractivity contribution >= 4 is 58.8 Å². The lowest BCUT2D eigenvalue weighted by Crippen LogP contribution is -2.62. The summed E-state index contributed by atoms with van der Waals surface area (Å²) in [6.07, 6.45) is 1.58. The van der Waals surface area contributed by atoms with Crippen LogP contribution in [0.3, 0.4) is 0 Å². The fraction of sp³-hybridized carbons (Fsp3) is 1.00. The van der Waals surface area contributed by atoms with E-state index in [1.807, 2.05) is 0 Å². The van der Waals surface area contributed by atoms with Gasteiger partial charge in [-0.05, 0) is 60.9 Å². The molecule has 0 spiro atoms. The van der Waals surface area contributed by atoms with Crippen LogP contribution in [0.5, 0.6) is 0 Å². The largest absolute Gasteiger partial charge is 0.396 e.